The first-order chi connectivity index (χ1) is 8.63. The zero-order valence-corrected chi connectivity index (χ0v) is 12.4. The normalized spacial score (nSPS) is 18.6. The van der Waals surface area contributed by atoms with E-state index in [4.69, 9.17) is 0 Å². The largest absolute Gasteiger partial charge is 0.369 e. The van der Waals surface area contributed by atoms with Crippen LogP contribution in [-0.4, -0.2) is 27.5 Å². The van der Waals surface area contributed by atoms with E-state index in [9.17, 15) is 0 Å². The molecule has 3 nitrogen and oxygen atoms in total. The summed E-state index contributed by atoms with van der Waals surface area (Å²) in [7, 11) is 0. The van der Waals surface area contributed by atoms with Crippen molar-refractivity contribution < 1.29 is 0 Å². The maximum absolute atomic E-state index is 4.45. The van der Waals surface area contributed by atoms with Crippen molar-refractivity contribution in [2.24, 2.45) is 0 Å². The van der Waals surface area contributed by atoms with E-state index in [0.717, 1.165) is 23.9 Å². The van der Waals surface area contributed by atoms with Crippen molar-refractivity contribution in [1.29, 1.82) is 0 Å². The molecular formula is C14H23N3S. The van der Waals surface area contributed by atoms with Crippen LogP contribution in [0.1, 0.15) is 43.6 Å². The van der Waals surface area contributed by atoms with Crippen molar-refractivity contribution in [3.8, 4) is 0 Å². The fourth-order valence-corrected chi connectivity index (χ4v) is 3.62. The average Bonchev–Trinajstić information content (AvgIpc) is 2.36. The molecule has 0 amide bonds. The molecule has 0 radical (unpaired) electrons. The van der Waals surface area contributed by atoms with Gasteiger partial charge in [-0.25, -0.2) is 9.97 Å². The molecule has 2 rings (SSSR count). The zero-order chi connectivity index (χ0) is 13.0. The number of nitrogens with one attached hydrogen (secondary N) is 1. The minimum absolute atomic E-state index is 0.408. The van der Waals surface area contributed by atoms with E-state index >= 15 is 0 Å². The Labute approximate surface area is 114 Å². The van der Waals surface area contributed by atoms with Gasteiger partial charge in [0.25, 0.3) is 0 Å². The Kier molecular flexibility index (Phi) is 4.49. The summed E-state index contributed by atoms with van der Waals surface area (Å²) >= 11 is 2.01. The molecule has 0 bridgehead atoms. The molecule has 1 aliphatic rings. The molecule has 1 N–H and O–H groups in total. The van der Waals surface area contributed by atoms with E-state index < -0.39 is 0 Å². The van der Waals surface area contributed by atoms with Crippen molar-refractivity contribution in [2.45, 2.75) is 50.7 Å². The minimum Gasteiger partial charge on any atom is -0.369 e. The van der Waals surface area contributed by atoms with Crippen LogP contribution in [0.25, 0.3) is 0 Å². The molecule has 18 heavy (non-hydrogen) atoms. The van der Waals surface area contributed by atoms with Gasteiger partial charge in [0.05, 0.1) is 0 Å². The maximum atomic E-state index is 4.45. The summed E-state index contributed by atoms with van der Waals surface area (Å²) < 4.78 is 0.408. The van der Waals surface area contributed by atoms with Gasteiger partial charge in [-0.2, -0.15) is 11.8 Å². The number of aromatic nitrogens is 2. The standard InChI is InChI=1S/C14H23N3S/c1-11-9-13(17-12(2)16-11)15-10-14(18-3)7-5-4-6-8-14/h9H,4-8,10H2,1-3H3,(H,15,16,17). The van der Waals surface area contributed by atoms with Crippen LogP contribution in [0.15, 0.2) is 6.07 Å². The van der Waals surface area contributed by atoms with Gasteiger partial charge < -0.3 is 5.32 Å². The third-order valence-corrected chi connectivity index (χ3v) is 5.17. The zero-order valence-electron chi connectivity index (χ0n) is 11.6. The van der Waals surface area contributed by atoms with Gasteiger partial charge in [0, 0.05) is 23.1 Å². The van der Waals surface area contributed by atoms with Crippen molar-refractivity contribution in [1.82, 2.24) is 9.97 Å². The highest BCUT2D eigenvalue weighted by Gasteiger charge is 2.30. The Morgan fingerprint density at radius 1 is 1.22 bits per heavy atom. The molecule has 1 aromatic rings. The Bertz CT molecular complexity index is 380. The molecule has 1 aliphatic carbocycles. The lowest BCUT2D eigenvalue weighted by Gasteiger charge is -2.36. The van der Waals surface area contributed by atoms with E-state index in [1.807, 2.05) is 31.7 Å². The summed E-state index contributed by atoms with van der Waals surface area (Å²) in [5.74, 6) is 1.82. The van der Waals surface area contributed by atoms with Crippen LogP contribution in [0.3, 0.4) is 0 Å². The molecule has 0 atom stereocenters. The van der Waals surface area contributed by atoms with E-state index in [1.165, 1.54) is 32.1 Å². The molecule has 1 aromatic heterocycles. The molecule has 4 heteroatoms. The number of hydrogen-bond acceptors (Lipinski definition) is 4. The molecule has 100 valence electrons. The van der Waals surface area contributed by atoms with Crippen LogP contribution in [-0.2, 0) is 0 Å². The van der Waals surface area contributed by atoms with Crippen LogP contribution >= 0.6 is 11.8 Å². The minimum atomic E-state index is 0.408. The van der Waals surface area contributed by atoms with E-state index in [2.05, 4.69) is 21.5 Å². The molecule has 0 aromatic carbocycles. The molecule has 1 heterocycles. The quantitative estimate of drug-likeness (QED) is 0.903. The lowest BCUT2D eigenvalue weighted by atomic mass is 9.88. The van der Waals surface area contributed by atoms with Gasteiger partial charge in [-0.3, -0.25) is 0 Å². The summed E-state index contributed by atoms with van der Waals surface area (Å²) in [5, 5.41) is 3.52. The molecule has 0 unspecified atom stereocenters. The number of aryl methyl sites for hydroxylation is 2. The first-order valence-electron chi connectivity index (χ1n) is 6.75. The van der Waals surface area contributed by atoms with E-state index in [1.54, 1.807) is 0 Å². The highest BCUT2D eigenvalue weighted by atomic mass is 32.2. The number of hydrogen-bond donors (Lipinski definition) is 1. The van der Waals surface area contributed by atoms with E-state index in [-0.39, 0.29) is 0 Å². The average molecular weight is 265 g/mol. The van der Waals surface area contributed by atoms with Crippen LogP contribution in [0.2, 0.25) is 0 Å². The predicted molar refractivity (Wildman–Crippen MR) is 79.3 cm³/mol. The lowest BCUT2D eigenvalue weighted by Crippen LogP contribution is -2.35. The first kappa shape index (κ1) is 13.7. The van der Waals surface area contributed by atoms with Gasteiger partial charge in [-0.1, -0.05) is 19.3 Å². The molecule has 0 aliphatic heterocycles. The highest BCUT2D eigenvalue weighted by Crippen LogP contribution is 2.38. The predicted octanol–water partition coefficient (Wildman–Crippen LogP) is 3.57. The topological polar surface area (TPSA) is 37.8 Å². The molecule has 1 fully saturated rings. The fourth-order valence-electron chi connectivity index (χ4n) is 2.71. The Balaban J connectivity index is 2.00. The number of thioether (sulfide) groups is 1. The summed E-state index contributed by atoms with van der Waals surface area (Å²) in [5.41, 5.74) is 1.03. The first-order valence-corrected chi connectivity index (χ1v) is 7.97. The summed E-state index contributed by atoms with van der Waals surface area (Å²) in [4.78, 5) is 8.76. The van der Waals surface area contributed by atoms with Gasteiger partial charge in [-0.15, -0.1) is 0 Å². The smallest absolute Gasteiger partial charge is 0.129 e. The Morgan fingerprint density at radius 2 is 1.94 bits per heavy atom. The number of rotatable bonds is 4. The molecule has 0 spiro atoms. The van der Waals surface area contributed by atoms with E-state index in [0.29, 0.717) is 4.75 Å². The van der Waals surface area contributed by atoms with Crippen molar-refractivity contribution in [3.05, 3.63) is 17.6 Å². The van der Waals surface area contributed by atoms with Gasteiger partial charge in [0.15, 0.2) is 0 Å². The third-order valence-electron chi connectivity index (χ3n) is 3.76. The second kappa shape index (κ2) is 5.91. The van der Waals surface area contributed by atoms with Crippen LogP contribution < -0.4 is 5.32 Å². The lowest BCUT2D eigenvalue weighted by molar-refractivity contribution is 0.411. The van der Waals surface area contributed by atoms with Gasteiger partial charge in [0.2, 0.25) is 0 Å². The van der Waals surface area contributed by atoms with Gasteiger partial charge in [0.1, 0.15) is 11.6 Å². The number of anilines is 1. The molecule has 0 saturated heterocycles. The summed E-state index contributed by atoms with van der Waals surface area (Å²) in [6.45, 7) is 4.98. The summed E-state index contributed by atoms with van der Waals surface area (Å²) in [6.07, 6.45) is 9.01. The third kappa shape index (κ3) is 3.37. The molecule has 1 saturated carbocycles. The number of nitrogens with zero attached hydrogens (tertiary/aromatic N) is 2. The van der Waals surface area contributed by atoms with Gasteiger partial charge in [-0.05, 0) is 32.9 Å². The van der Waals surface area contributed by atoms with Gasteiger partial charge >= 0.3 is 0 Å². The van der Waals surface area contributed by atoms with Crippen molar-refractivity contribution in [2.75, 3.05) is 18.1 Å². The van der Waals surface area contributed by atoms with Crippen LogP contribution in [0.4, 0.5) is 5.82 Å². The Hall–Kier alpha value is -0.770. The monoisotopic (exact) mass is 265 g/mol. The second-order valence-electron chi connectivity index (χ2n) is 5.24. The van der Waals surface area contributed by atoms with Crippen LogP contribution in [0.5, 0.6) is 0 Å². The SMILES string of the molecule is CSC1(CNc2cc(C)nc(C)n2)CCCCC1. The van der Waals surface area contributed by atoms with Crippen molar-refractivity contribution in [3.63, 3.8) is 0 Å². The molecular weight excluding hydrogens is 242 g/mol. The summed E-state index contributed by atoms with van der Waals surface area (Å²) in [6, 6.07) is 2.03. The van der Waals surface area contributed by atoms with Crippen LogP contribution in [0, 0.1) is 13.8 Å². The highest BCUT2D eigenvalue weighted by molar-refractivity contribution is 8.00. The maximum Gasteiger partial charge on any atom is 0.129 e. The van der Waals surface area contributed by atoms with Crippen molar-refractivity contribution >= 4 is 17.6 Å². The second-order valence-corrected chi connectivity index (χ2v) is 6.52. The Morgan fingerprint density at radius 3 is 2.56 bits per heavy atom. The fraction of sp³-hybridized carbons (Fsp3) is 0.714.